The molecule has 0 unspecified atom stereocenters. The number of ether oxygens (including phenoxy) is 1. The number of aliphatic imine (C=N–C) groups is 1. The molecule has 1 saturated heterocycles. The Labute approximate surface area is 205 Å². The van der Waals surface area contributed by atoms with E-state index in [4.69, 9.17) is 4.74 Å². The number of halogens is 1. The van der Waals surface area contributed by atoms with E-state index in [1.807, 2.05) is 48.5 Å². The maximum Gasteiger partial charge on any atom is 0.410 e. The Hall–Kier alpha value is -1.26. The van der Waals surface area contributed by atoms with Crippen LogP contribution < -0.4 is 10.6 Å². The molecule has 0 aromatic carbocycles. The van der Waals surface area contributed by atoms with Gasteiger partial charge >= 0.3 is 6.09 Å². The summed E-state index contributed by atoms with van der Waals surface area (Å²) >= 11 is 0. The molecule has 1 rings (SSSR count). The largest absolute Gasteiger partial charge is 0.444 e. The van der Waals surface area contributed by atoms with Gasteiger partial charge in [-0.1, -0.05) is 20.8 Å². The van der Waals surface area contributed by atoms with Gasteiger partial charge in [-0.25, -0.2) is 4.79 Å². The van der Waals surface area contributed by atoms with Crippen molar-refractivity contribution in [2.75, 3.05) is 46.3 Å². The quantitative estimate of drug-likeness (QED) is 0.228. The van der Waals surface area contributed by atoms with Crippen LogP contribution in [0.5, 0.6) is 0 Å². The Morgan fingerprint density at radius 1 is 1.06 bits per heavy atom. The third-order valence-electron chi connectivity index (χ3n) is 5.01. The number of hydrogen-bond donors (Lipinski definition) is 2. The predicted molar refractivity (Wildman–Crippen MR) is 137 cm³/mol. The fraction of sp³-hybridized carbons (Fsp3) is 0.864. The van der Waals surface area contributed by atoms with Gasteiger partial charge in [0.15, 0.2) is 5.96 Å². The molecule has 0 radical (unpaired) electrons. The maximum atomic E-state index is 12.4. The van der Waals surface area contributed by atoms with Gasteiger partial charge in [-0.15, -0.1) is 24.0 Å². The van der Waals surface area contributed by atoms with Crippen LogP contribution in [0.3, 0.4) is 0 Å². The molecule has 182 valence electrons. The van der Waals surface area contributed by atoms with Gasteiger partial charge in [0, 0.05) is 51.7 Å². The lowest BCUT2D eigenvalue weighted by molar-refractivity contribution is -0.128. The van der Waals surface area contributed by atoms with Gasteiger partial charge in [-0.05, 0) is 46.5 Å². The number of nitrogens with zero attached hydrogens (tertiary/aromatic N) is 3. The first-order valence-electron chi connectivity index (χ1n) is 11.1. The van der Waals surface area contributed by atoms with Crippen molar-refractivity contribution >= 4 is 41.9 Å². The van der Waals surface area contributed by atoms with Crippen LogP contribution >= 0.6 is 24.0 Å². The Kier molecular flexibility index (Phi) is 12.8. The summed E-state index contributed by atoms with van der Waals surface area (Å²) in [6, 6.07) is 0. The first-order valence-corrected chi connectivity index (χ1v) is 11.1. The fourth-order valence-corrected chi connectivity index (χ4v) is 3.25. The third-order valence-corrected chi connectivity index (χ3v) is 5.01. The number of carbonyl (C=O) groups is 2. The van der Waals surface area contributed by atoms with Gasteiger partial charge in [0.2, 0.25) is 5.91 Å². The zero-order valence-corrected chi connectivity index (χ0v) is 23.0. The summed E-state index contributed by atoms with van der Waals surface area (Å²) in [4.78, 5) is 32.7. The first-order chi connectivity index (χ1) is 13.9. The average molecular weight is 554 g/mol. The van der Waals surface area contributed by atoms with Crippen LogP contribution in [0, 0.1) is 11.3 Å². The molecule has 0 atom stereocenters. The van der Waals surface area contributed by atoms with Gasteiger partial charge in [-0.3, -0.25) is 9.79 Å². The lowest BCUT2D eigenvalue weighted by Crippen LogP contribution is -2.49. The summed E-state index contributed by atoms with van der Waals surface area (Å²) < 4.78 is 5.52. The van der Waals surface area contributed by atoms with E-state index in [9.17, 15) is 9.59 Å². The Morgan fingerprint density at radius 3 is 2.06 bits per heavy atom. The summed E-state index contributed by atoms with van der Waals surface area (Å²) in [5.74, 6) is 1.36. The van der Waals surface area contributed by atoms with Gasteiger partial charge in [-0.2, -0.15) is 0 Å². The van der Waals surface area contributed by atoms with Crippen LogP contribution in [0.1, 0.15) is 61.3 Å². The van der Waals surface area contributed by atoms with Gasteiger partial charge in [0.1, 0.15) is 5.60 Å². The van der Waals surface area contributed by atoms with Gasteiger partial charge < -0.3 is 25.2 Å². The Balaban J connectivity index is 0.00000900. The summed E-state index contributed by atoms with van der Waals surface area (Å²) in [5, 5.41) is 6.28. The zero-order valence-electron chi connectivity index (χ0n) is 20.7. The molecule has 31 heavy (non-hydrogen) atoms. The van der Waals surface area contributed by atoms with Crippen LogP contribution in [-0.4, -0.2) is 79.7 Å². The van der Waals surface area contributed by atoms with E-state index in [0.29, 0.717) is 25.6 Å². The van der Waals surface area contributed by atoms with E-state index in [0.717, 1.165) is 38.4 Å². The fourth-order valence-electron chi connectivity index (χ4n) is 3.25. The molecule has 0 bridgehead atoms. The minimum Gasteiger partial charge on any atom is -0.444 e. The van der Waals surface area contributed by atoms with Crippen LogP contribution in [-0.2, 0) is 9.53 Å². The molecule has 0 aromatic heterocycles. The number of hydrogen-bond acceptors (Lipinski definition) is 4. The van der Waals surface area contributed by atoms with Crippen molar-refractivity contribution in [3.63, 3.8) is 0 Å². The number of amides is 2. The molecule has 1 fully saturated rings. The monoisotopic (exact) mass is 553 g/mol. The number of nitrogens with one attached hydrogen (secondary N) is 2. The first kappa shape index (κ1) is 29.7. The van der Waals surface area contributed by atoms with Crippen molar-refractivity contribution in [1.82, 2.24) is 20.4 Å². The topological polar surface area (TPSA) is 86.3 Å². The normalized spacial score (nSPS) is 15.7. The van der Waals surface area contributed by atoms with Gasteiger partial charge in [0.25, 0.3) is 0 Å². The molecular formula is C22H44IN5O3. The van der Waals surface area contributed by atoms with Crippen molar-refractivity contribution < 1.29 is 14.3 Å². The second-order valence-electron chi connectivity index (χ2n) is 9.93. The van der Waals surface area contributed by atoms with E-state index < -0.39 is 5.60 Å². The van der Waals surface area contributed by atoms with Crippen molar-refractivity contribution in [3.05, 3.63) is 0 Å². The zero-order chi connectivity index (χ0) is 22.9. The van der Waals surface area contributed by atoms with Crippen molar-refractivity contribution in [2.45, 2.75) is 66.9 Å². The molecule has 1 aliphatic heterocycles. The van der Waals surface area contributed by atoms with Gasteiger partial charge in [0.05, 0.1) is 0 Å². The van der Waals surface area contributed by atoms with E-state index in [1.54, 1.807) is 11.9 Å². The summed E-state index contributed by atoms with van der Waals surface area (Å²) in [6.07, 6.45) is 1.77. The molecule has 2 amide bonds. The van der Waals surface area contributed by atoms with Crippen LogP contribution in [0.4, 0.5) is 4.79 Å². The third kappa shape index (κ3) is 11.2. The summed E-state index contributed by atoms with van der Waals surface area (Å²) in [7, 11) is 1.78. The molecule has 0 aliphatic carbocycles. The smallest absolute Gasteiger partial charge is 0.410 e. The highest BCUT2D eigenvalue weighted by atomic mass is 127. The molecule has 0 saturated carbocycles. The number of rotatable bonds is 6. The van der Waals surface area contributed by atoms with Crippen molar-refractivity contribution in [3.8, 4) is 0 Å². The Bertz CT molecular complexity index is 591. The second kappa shape index (κ2) is 13.3. The molecular weight excluding hydrogens is 509 g/mol. The molecule has 2 N–H and O–H groups in total. The van der Waals surface area contributed by atoms with Crippen molar-refractivity contribution in [1.29, 1.82) is 0 Å². The summed E-state index contributed by atoms with van der Waals surface area (Å²) in [5.41, 5.74) is -0.854. The van der Waals surface area contributed by atoms with Crippen LogP contribution in [0.25, 0.3) is 0 Å². The molecule has 8 nitrogen and oxygen atoms in total. The van der Waals surface area contributed by atoms with E-state index in [-0.39, 0.29) is 41.4 Å². The number of piperidine rings is 1. The lowest BCUT2D eigenvalue weighted by atomic mass is 9.96. The minimum atomic E-state index is -0.474. The van der Waals surface area contributed by atoms with Crippen LogP contribution in [0.2, 0.25) is 0 Å². The maximum absolute atomic E-state index is 12.4. The SMILES string of the molecule is CCN(CC1CCN(C(=NC)NCCNC(=O)C(C)(C)C)CC1)C(=O)OC(C)(C)C.I. The van der Waals surface area contributed by atoms with E-state index >= 15 is 0 Å². The molecule has 9 heteroatoms. The highest BCUT2D eigenvalue weighted by Crippen LogP contribution is 2.20. The highest BCUT2D eigenvalue weighted by Gasteiger charge is 2.27. The van der Waals surface area contributed by atoms with E-state index in [1.165, 1.54) is 0 Å². The van der Waals surface area contributed by atoms with E-state index in [2.05, 4.69) is 20.5 Å². The Morgan fingerprint density at radius 2 is 1.61 bits per heavy atom. The average Bonchev–Trinajstić information content (AvgIpc) is 2.64. The second-order valence-corrected chi connectivity index (χ2v) is 9.93. The molecule has 1 aliphatic rings. The number of likely N-dealkylation sites (tertiary alicyclic amines) is 1. The predicted octanol–water partition coefficient (Wildman–Crippen LogP) is 3.31. The summed E-state index contributed by atoms with van der Waals surface area (Å²) in [6.45, 7) is 17.7. The number of carbonyl (C=O) groups excluding carboxylic acids is 2. The molecule has 0 aromatic rings. The standard InChI is InChI=1S/C22H43N5O3.HI/c1-9-26(20(29)30-22(5,6)7)16-17-10-14-27(15-11-17)19(23-8)25-13-12-24-18(28)21(2,3)4;/h17H,9-16H2,1-8H3,(H,23,25)(H,24,28);1H. The molecule has 0 spiro atoms. The molecule has 1 heterocycles. The minimum absolute atomic E-state index is 0. The lowest BCUT2D eigenvalue weighted by Gasteiger charge is -2.36. The van der Waals surface area contributed by atoms with Crippen LogP contribution in [0.15, 0.2) is 4.99 Å². The van der Waals surface area contributed by atoms with Crippen molar-refractivity contribution in [2.24, 2.45) is 16.3 Å². The number of guanidine groups is 1. The highest BCUT2D eigenvalue weighted by molar-refractivity contribution is 14.0.